The molecule has 17 heavy (non-hydrogen) atoms. The summed E-state index contributed by atoms with van der Waals surface area (Å²) in [5.41, 5.74) is -0.176. The molecule has 0 aliphatic carbocycles. The molecule has 92 valence electrons. The molecule has 1 aromatic heterocycles. The molecule has 0 radical (unpaired) electrons. The summed E-state index contributed by atoms with van der Waals surface area (Å²) < 4.78 is 0. The fraction of sp³-hybridized carbons (Fsp3) is 0.500. The maximum Gasteiger partial charge on any atom is 0.260 e. The van der Waals surface area contributed by atoms with Crippen molar-refractivity contribution in [2.75, 3.05) is 13.1 Å². The highest BCUT2D eigenvalue weighted by Gasteiger charge is 2.15. The minimum atomic E-state index is -0.346. The van der Waals surface area contributed by atoms with Gasteiger partial charge in [-0.2, -0.15) is 0 Å². The Morgan fingerprint density at radius 2 is 2.35 bits per heavy atom. The Morgan fingerprint density at radius 1 is 1.47 bits per heavy atom. The SMILES string of the molecule is O=C(NCC1CCCCN1)c1ccc[nH]c1=O. The van der Waals surface area contributed by atoms with Crippen LogP contribution in [0.15, 0.2) is 23.1 Å². The van der Waals surface area contributed by atoms with Crippen LogP contribution in [0.2, 0.25) is 0 Å². The Balaban J connectivity index is 1.89. The van der Waals surface area contributed by atoms with Crippen molar-refractivity contribution >= 4 is 5.91 Å². The highest BCUT2D eigenvalue weighted by atomic mass is 16.2. The largest absolute Gasteiger partial charge is 0.350 e. The van der Waals surface area contributed by atoms with E-state index in [0.29, 0.717) is 12.6 Å². The van der Waals surface area contributed by atoms with Gasteiger partial charge in [0.2, 0.25) is 0 Å². The van der Waals surface area contributed by atoms with Crippen molar-refractivity contribution in [3.8, 4) is 0 Å². The summed E-state index contributed by atoms with van der Waals surface area (Å²) in [5.74, 6) is -0.306. The number of H-pyrrole nitrogens is 1. The summed E-state index contributed by atoms with van der Waals surface area (Å²) in [5, 5.41) is 6.13. The minimum absolute atomic E-state index is 0.170. The zero-order valence-corrected chi connectivity index (χ0v) is 9.66. The second kappa shape index (κ2) is 5.63. The Hall–Kier alpha value is -1.62. The van der Waals surface area contributed by atoms with Crippen LogP contribution in [0.4, 0.5) is 0 Å². The van der Waals surface area contributed by atoms with Crippen molar-refractivity contribution in [1.82, 2.24) is 15.6 Å². The van der Waals surface area contributed by atoms with Gasteiger partial charge >= 0.3 is 0 Å². The van der Waals surface area contributed by atoms with Gasteiger partial charge in [0.25, 0.3) is 11.5 Å². The van der Waals surface area contributed by atoms with Gasteiger partial charge in [0, 0.05) is 18.8 Å². The molecule has 0 aromatic carbocycles. The molecule has 5 nitrogen and oxygen atoms in total. The summed E-state index contributed by atoms with van der Waals surface area (Å²) in [6.45, 7) is 1.58. The van der Waals surface area contributed by atoms with Gasteiger partial charge in [0.1, 0.15) is 5.56 Å². The highest BCUT2D eigenvalue weighted by molar-refractivity contribution is 5.93. The molecule has 1 saturated heterocycles. The molecule has 0 spiro atoms. The first-order valence-corrected chi connectivity index (χ1v) is 5.96. The number of rotatable bonds is 3. The second-order valence-corrected chi connectivity index (χ2v) is 4.27. The molecule has 1 fully saturated rings. The molecule has 3 N–H and O–H groups in total. The van der Waals surface area contributed by atoms with Crippen LogP contribution in [0, 0.1) is 0 Å². The molecule has 1 aliphatic rings. The first-order chi connectivity index (χ1) is 8.27. The van der Waals surface area contributed by atoms with E-state index in [2.05, 4.69) is 15.6 Å². The summed E-state index contributed by atoms with van der Waals surface area (Å²) in [4.78, 5) is 25.6. The van der Waals surface area contributed by atoms with Crippen LogP contribution in [0.1, 0.15) is 29.6 Å². The molecular formula is C12H17N3O2. The fourth-order valence-corrected chi connectivity index (χ4v) is 2.01. The summed E-state index contributed by atoms with van der Waals surface area (Å²) in [7, 11) is 0. The van der Waals surface area contributed by atoms with E-state index in [9.17, 15) is 9.59 Å². The van der Waals surface area contributed by atoms with Gasteiger partial charge in [0.05, 0.1) is 0 Å². The van der Waals surface area contributed by atoms with Gasteiger partial charge in [-0.1, -0.05) is 6.42 Å². The smallest absolute Gasteiger partial charge is 0.260 e. The molecular weight excluding hydrogens is 218 g/mol. The third-order valence-electron chi connectivity index (χ3n) is 2.98. The van der Waals surface area contributed by atoms with Crippen molar-refractivity contribution in [3.63, 3.8) is 0 Å². The topological polar surface area (TPSA) is 74.0 Å². The number of hydrogen-bond donors (Lipinski definition) is 3. The third kappa shape index (κ3) is 3.17. The van der Waals surface area contributed by atoms with Gasteiger partial charge < -0.3 is 15.6 Å². The Morgan fingerprint density at radius 3 is 3.06 bits per heavy atom. The lowest BCUT2D eigenvalue weighted by atomic mass is 10.1. The average molecular weight is 235 g/mol. The van der Waals surface area contributed by atoms with Gasteiger partial charge in [-0.25, -0.2) is 0 Å². The number of piperidine rings is 1. The van der Waals surface area contributed by atoms with Crippen LogP contribution < -0.4 is 16.2 Å². The van der Waals surface area contributed by atoms with E-state index >= 15 is 0 Å². The predicted molar refractivity (Wildman–Crippen MR) is 65.0 cm³/mol. The number of hydrogen-bond acceptors (Lipinski definition) is 3. The van der Waals surface area contributed by atoms with Crippen molar-refractivity contribution in [1.29, 1.82) is 0 Å². The number of carbonyl (C=O) groups is 1. The maximum atomic E-state index is 11.7. The van der Waals surface area contributed by atoms with Crippen LogP contribution in [-0.4, -0.2) is 30.0 Å². The van der Waals surface area contributed by atoms with Crippen molar-refractivity contribution in [3.05, 3.63) is 34.2 Å². The third-order valence-corrected chi connectivity index (χ3v) is 2.98. The van der Waals surface area contributed by atoms with Crippen LogP contribution in [0.5, 0.6) is 0 Å². The molecule has 1 aromatic rings. The Labute approximate surface area is 99.6 Å². The van der Waals surface area contributed by atoms with Gasteiger partial charge in [0.15, 0.2) is 0 Å². The Kier molecular flexibility index (Phi) is 3.93. The molecule has 2 rings (SSSR count). The molecule has 1 aliphatic heterocycles. The monoisotopic (exact) mass is 235 g/mol. The first-order valence-electron chi connectivity index (χ1n) is 5.96. The summed E-state index contributed by atoms with van der Waals surface area (Å²) in [6.07, 6.45) is 4.98. The van der Waals surface area contributed by atoms with Crippen LogP contribution in [0.3, 0.4) is 0 Å². The molecule has 0 saturated carbocycles. The number of pyridine rings is 1. The van der Waals surface area contributed by atoms with Crippen LogP contribution in [0.25, 0.3) is 0 Å². The standard InChI is InChI=1S/C12H17N3O2/c16-11-10(5-3-7-14-11)12(17)15-8-9-4-1-2-6-13-9/h3,5,7,9,13H,1-2,4,6,8H2,(H,14,16)(H,15,17). The van der Waals surface area contributed by atoms with Gasteiger partial charge in [-0.3, -0.25) is 9.59 Å². The molecule has 5 heteroatoms. The molecule has 1 amide bonds. The van der Waals surface area contributed by atoms with E-state index in [0.717, 1.165) is 13.0 Å². The highest BCUT2D eigenvalue weighted by Crippen LogP contribution is 2.05. The minimum Gasteiger partial charge on any atom is -0.350 e. The van der Waals surface area contributed by atoms with E-state index in [1.54, 1.807) is 6.07 Å². The number of amides is 1. The fourth-order valence-electron chi connectivity index (χ4n) is 2.01. The van der Waals surface area contributed by atoms with Crippen molar-refractivity contribution < 1.29 is 4.79 Å². The van der Waals surface area contributed by atoms with Gasteiger partial charge in [-0.15, -0.1) is 0 Å². The lowest BCUT2D eigenvalue weighted by molar-refractivity contribution is 0.0946. The molecule has 1 atom stereocenters. The van der Waals surface area contributed by atoms with E-state index in [1.165, 1.54) is 25.1 Å². The molecule has 0 bridgehead atoms. The second-order valence-electron chi connectivity index (χ2n) is 4.27. The van der Waals surface area contributed by atoms with Crippen molar-refractivity contribution in [2.24, 2.45) is 0 Å². The number of aromatic nitrogens is 1. The Bertz CT molecular complexity index is 435. The first kappa shape index (κ1) is 11.9. The van der Waals surface area contributed by atoms with Crippen LogP contribution in [-0.2, 0) is 0 Å². The zero-order chi connectivity index (χ0) is 12.1. The average Bonchev–Trinajstić information content (AvgIpc) is 2.38. The van der Waals surface area contributed by atoms with Gasteiger partial charge in [-0.05, 0) is 31.5 Å². The number of aromatic amines is 1. The number of carbonyl (C=O) groups excluding carboxylic acids is 1. The lowest BCUT2D eigenvalue weighted by Crippen LogP contribution is -2.44. The quantitative estimate of drug-likeness (QED) is 0.703. The predicted octanol–water partition coefficient (Wildman–Crippen LogP) is 0.247. The van der Waals surface area contributed by atoms with E-state index in [1.807, 2.05) is 0 Å². The maximum absolute atomic E-state index is 11.7. The van der Waals surface area contributed by atoms with E-state index in [-0.39, 0.29) is 17.0 Å². The summed E-state index contributed by atoms with van der Waals surface area (Å²) in [6, 6.07) is 3.51. The zero-order valence-electron chi connectivity index (χ0n) is 9.66. The number of nitrogens with one attached hydrogen (secondary N) is 3. The van der Waals surface area contributed by atoms with Crippen molar-refractivity contribution in [2.45, 2.75) is 25.3 Å². The molecule has 2 heterocycles. The van der Waals surface area contributed by atoms with E-state index in [4.69, 9.17) is 0 Å². The lowest BCUT2D eigenvalue weighted by Gasteiger charge is -2.23. The summed E-state index contributed by atoms with van der Waals surface area (Å²) >= 11 is 0. The normalized spacial score (nSPS) is 19.9. The molecule has 1 unspecified atom stereocenters. The van der Waals surface area contributed by atoms with E-state index < -0.39 is 0 Å². The van der Waals surface area contributed by atoms with Crippen LogP contribution >= 0.6 is 0 Å².